The van der Waals surface area contributed by atoms with Crippen LogP contribution in [0.1, 0.15) is 155 Å². The summed E-state index contributed by atoms with van der Waals surface area (Å²) in [6.07, 6.45) is 31.3. The van der Waals surface area contributed by atoms with Crippen LogP contribution in [0, 0.1) is 0 Å². The van der Waals surface area contributed by atoms with Crippen molar-refractivity contribution in [3.05, 3.63) is 24.3 Å². The summed E-state index contributed by atoms with van der Waals surface area (Å²) in [5.41, 5.74) is 0. The van der Waals surface area contributed by atoms with Crippen molar-refractivity contribution in [2.45, 2.75) is 161 Å². The smallest absolute Gasteiger partial charge is 0.463 e. The summed E-state index contributed by atoms with van der Waals surface area (Å²) in [6.45, 7) is 3.44. The minimum absolute atomic E-state index is 0.0813. The van der Waals surface area contributed by atoms with Gasteiger partial charge in [0.05, 0.1) is 13.2 Å². The first-order valence-electron chi connectivity index (χ1n) is 17.8. The molecule has 1 amide bonds. The average molecular weight is 660 g/mol. The number of unbranched alkanes of at least 4 members (excludes halogenated alkanes) is 16. The molecule has 264 valence electrons. The molecule has 0 radical (unpaired) electrons. The van der Waals surface area contributed by atoms with Crippen LogP contribution >= 0.6 is 7.82 Å². The third-order valence-electron chi connectivity index (χ3n) is 7.38. The van der Waals surface area contributed by atoms with Gasteiger partial charge in [0.1, 0.15) is 12.7 Å². The predicted molar refractivity (Wildman–Crippen MR) is 183 cm³/mol. The van der Waals surface area contributed by atoms with Crippen LogP contribution in [0.15, 0.2) is 24.3 Å². The number of rotatable bonds is 33. The Morgan fingerprint density at radius 3 is 1.80 bits per heavy atom. The highest BCUT2D eigenvalue weighted by Gasteiger charge is 2.23. The minimum Gasteiger partial charge on any atom is -0.463 e. The second kappa shape index (κ2) is 32.4. The predicted octanol–water partition coefficient (Wildman–Crippen LogP) is 8.87. The van der Waals surface area contributed by atoms with Crippen molar-refractivity contribution >= 4 is 19.7 Å². The Morgan fingerprint density at radius 1 is 0.689 bits per heavy atom. The molecule has 0 rings (SSSR count). The molecule has 0 aromatic rings. The van der Waals surface area contributed by atoms with E-state index in [1.165, 1.54) is 70.6 Å². The molecule has 0 aromatic heterocycles. The van der Waals surface area contributed by atoms with Crippen LogP contribution in [0.25, 0.3) is 0 Å². The summed E-state index contributed by atoms with van der Waals surface area (Å²) in [4.78, 5) is 33.5. The minimum atomic E-state index is -4.40. The maximum absolute atomic E-state index is 12.0. The largest absolute Gasteiger partial charge is 0.472 e. The Hall–Kier alpha value is -1.51. The molecule has 3 N–H and O–H groups in total. The third kappa shape index (κ3) is 33.7. The zero-order chi connectivity index (χ0) is 33.3. The van der Waals surface area contributed by atoms with Crippen molar-refractivity contribution in [3.8, 4) is 0 Å². The fraction of sp³-hybridized carbons (Fsp3) is 0.829. The Kier molecular flexibility index (Phi) is 31.3. The average Bonchev–Trinajstić information content (AvgIpc) is 3.02. The number of esters is 1. The topological polar surface area (TPSA) is 131 Å². The van der Waals surface area contributed by atoms with E-state index in [0.717, 1.165) is 57.8 Å². The van der Waals surface area contributed by atoms with Crippen molar-refractivity contribution < 1.29 is 37.9 Å². The lowest BCUT2D eigenvalue weighted by molar-refractivity contribution is -0.147. The normalized spacial score (nSPS) is 13.8. The van der Waals surface area contributed by atoms with Crippen molar-refractivity contribution in [2.24, 2.45) is 0 Å². The number of amides is 1. The number of aliphatic hydroxyl groups excluding tert-OH is 1. The Labute approximate surface area is 274 Å². The van der Waals surface area contributed by atoms with Crippen molar-refractivity contribution in [1.82, 2.24) is 5.32 Å². The van der Waals surface area contributed by atoms with Crippen LogP contribution in [0.2, 0.25) is 0 Å². The zero-order valence-corrected chi connectivity index (χ0v) is 29.5. The quantitative estimate of drug-likeness (QED) is 0.0276. The number of carbonyl (C=O) groups excluding carboxylic acids is 2. The Bertz CT molecular complexity index is 805. The van der Waals surface area contributed by atoms with E-state index in [9.17, 15) is 24.2 Å². The molecule has 2 unspecified atom stereocenters. The highest BCUT2D eigenvalue weighted by molar-refractivity contribution is 7.47. The van der Waals surface area contributed by atoms with E-state index >= 15 is 0 Å². The summed E-state index contributed by atoms with van der Waals surface area (Å²) >= 11 is 0. The van der Waals surface area contributed by atoms with Crippen LogP contribution in [0.3, 0.4) is 0 Å². The molecular formula is C35H66NO8P. The Morgan fingerprint density at radius 2 is 1.20 bits per heavy atom. The molecule has 10 heteroatoms. The number of hydrogen-bond acceptors (Lipinski definition) is 7. The lowest BCUT2D eigenvalue weighted by Crippen LogP contribution is -2.27. The zero-order valence-electron chi connectivity index (χ0n) is 28.6. The van der Waals surface area contributed by atoms with Crippen LogP contribution in [0.4, 0.5) is 0 Å². The van der Waals surface area contributed by atoms with Gasteiger partial charge in [-0.1, -0.05) is 122 Å². The van der Waals surface area contributed by atoms with Crippen LogP contribution in [-0.4, -0.2) is 54.3 Å². The second-order valence-electron chi connectivity index (χ2n) is 11.8. The van der Waals surface area contributed by atoms with Gasteiger partial charge in [-0.05, 0) is 44.9 Å². The fourth-order valence-electron chi connectivity index (χ4n) is 4.64. The van der Waals surface area contributed by atoms with Crippen molar-refractivity contribution in [1.29, 1.82) is 0 Å². The lowest BCUT2D eigenvalue weighted by atomic mass is 10.1. The number of aliphatic hydroxyl groups is 1. The van der Waals surface area contributed by atoms with Gasteiger partial charge < -0.3 is 20.1 Å². The van der Waals surface area contributed by atoms with Crippen LogP contribution in [-0.2, 0) is 27.9 Å². The molecular weight excluding hydrogens is 593 g/mol. The van der Waals surface area contributed by atoms with E-state index in [2.05, 4.69) is 43.5 Å². The maximum atomic E-state index is 12.0. The van der Waals surface area contributed by atoms with E-state index < -0.39 is 26.5 Å². The number of phosphoric acid groups is 1. The molecule has 45 heavy (non-hydrogen) atoms. The van der Waals surface area contributed by atoms with Gasteiger partial charge in [-0.3, -0.25) is 18.6 Å². The molecule has 0 bridgehead atoms. The van der Waals surface area contributed by atoms with E-state index in [1.807, 2.05) is 0 Å². The molecule has 0 aliphatic carbocycles. The molecule has 0 heterocycles. The van der Waals surface area contributed by atoms with E-state index in [0.29, 0.717) is 6.42 Å². The first-order valence-corrected chi connectivity index (χ1v) is 19.3. The van der Waals surface area contributed by atoms with Crippen LogP contribution < -0.4 is 5.32 Å². The van der Waals surface area contributed by atoms with Gasteiger partial charge >= 0.3 is 13.8 Å². The number of hydrogen-bond donors (Lipinski definition) is 3. The molecule has 0 aliphatic heterocycles. The molecule has 2 atom stereocenters. The fourth-order valence-corrected chi connectivity index (χ4v) is 5.40. The van der Waals surface area contributed by atoms with E-state index in [4.69, 9.17) is 13.8 Å². The van der Waals surface area contributed by atoms with Gasteiger partial charge in [-0.25, -0.2) is 4.57 Å². The molecule has 0 aromatic carbocycles. The molecule has 0 aliphatic rings. The van der Waals surface area contributed by atoms with Crippen molar-refractivity contribution in [3.63, 3.8) is 0 Å². The molecule has 0 spiro atoms. The number of nitrogens with one attached hydrogen (secondary N) is 1. The van der Waals surface area contributed by atoms with Crippen LogP contribution in [0.5, 0.6) is 0 Å². The second-order valence-corrected chi connectivity index (χ2v) is 13.3. The van der Waals surface area contributed by atoms with Gasteiger partial charge in [0.25, 0.3) is 0 Å². The highest BCUT2D eigenvalue weighted by atomic mass is 31.2. The SMILES string of the molecule is CCCCCC/C=C\C/C=C\CCCCCCCCCC(=O)OCC(O)COP(=O)(O)OCCNC(=O)CCCCCCCC. The van der Waals surface area contributed by atoms with E-state index in [1.54, 1.807) is 0 Å². The summed E-state index contributed by atoms with van der Waals surface area (Å²) < 4.78 is 26.6. The summed E-state index contributed by atoms with van der Waals surface area (Å²) in [7, 11) is -4.40. The first-order chi connectivity index (χ1) is 21.8. The van der Waals surface area contributed by atoms with Gasteiger partial charge in [-0.2, -0.15) is 0 Å². The summed E-state index contributed by atoms with van der Waals surface area (Å²) in [5.74, 6) is -0.534. The Balaban J connectivity index is 3.62. The van der Waals surface area contributed by atoms with Gasteiger partial charge in [0.15, 0.2) is 0 Å². The number of allylic oxidation sites excluding steroid dienone is 4. The molecule has 0 fully saturated rings. The summed E-state index contributed by atoms with van der Waals surface area (Å²) in [5, 5.41) is 12.6. The number of carbonyl (C=O) groups is 2. The van der Waals surface area contributed by atoms with Gasteiger partial charge in [0, 0.05) is 19.4 Å². The third-order valence-corrected chi connectivity index (χ3v) is 8.37. The first kappa shape index (κ1) is 43.5. The van der Waals surface area contributed by atoms with Gasteiger partial charge in [-0.15, -0.1) is 0 Å². The molecule has 0 saturated carbocycles. The lowest BCUT2D eigenvalue weighted by Gasteiger charge is -2.15. The maximum Gasteiger partial charge on any atom is 0.472 e. The number of ether oxygens (including phenoxy) is 1. The van der Waals surface area contributed by atoms with Crippen molar-refractivity contribution in [2.75, 3.05) is 26.4 Å². The molecule has 0 saturated heterocycles. The summed E-state index contributed by atoms with van der Waals surface area (Å²) in [6, 6.07) is 0. The monoisotopic (exact) mass is 659 g/mol. The molecule has 9 nitrogen and oxygen atoms in total. The van der Waals surface area contributed by atoms with Gasteiger partial charge in [0.2, 0.25) is 5.91 Å². The number of phosphoric ester groups is 1. The standard InChI is InChI=1S/C35H66NO8P/c1-3-5-7-9-11-12-13-14-15-16-17-18-19-20-21-22-24-26-28-35(39)42-31-33(37)32-44-45(40,41)43-30-29-36-34(38)27-25-23-10-8-6-4-2/h12-13,15-16,33,37H,3-11,14,17-32H2,1-2H3,(H,36,38)(H,40,41)/b13-12-,16-15-. The highest BCUT2D eigenvalue weighted by Crippen LogP contribution is 2.42. The van der Waals surface area contributed by atoms with E-state index in [-0.39, 0.29) is 32.1 Å².